The SMILES string of the molecule is CC(C)(C)c1[c-]c2c(cc1C(C)(C)C)-c1cc(C(C)(C)C)c(C(C)(C)C)cc1C2.Clc1cc([C](=[Zr+2])c2cc(Cl)cc3ccccc23)c2ccccc2c1.[C-]1=CC=CC1.[Cl-].[Cl-]. The van der Waals surface area contributed by atoms with Crippen molar-refractivity contribution >= 4 is 48.0 Å². The van der Waals surface area contributed by atoms with Crippen molar-refractivity contribution in [2.24, 2.45) is 0 Å². The average Bonchev–Trinajstić information content (AvgIpc) is 3.84. The molecule has 0 bridgehead atoms. The summed E-state index contributed by atoms with van der Waals surface area (Å²) in [6, 6.07) is 36.3. The standard InChI is InChI=1S/C29H41.C21H12Cl2.C5H5.2ClH.Zr/c1-26(2,3)22-14-18-13-19-15-23(27(4,5)6)25(29(10,11)12)17-21(19)20(18)16-24(22)28(7,8)9;22-18-10-14-5-1-3-7-20(14)16(12-18)9-17-13-19(23)11-15-6-2-4-8-21(15)17;1-2-4-5-3-1;;;/h14,16-17H,13H2,1-12H3;1-8,10-13H;1-3H,4H2;2*1H;/q-1;;-1;;;+2/p-2. The number of fused-ring (bicyclic) bond motifs is 5. The van der Waals surface area contributed by atoms with E-state index in [0.29, 0.717) is 0 Å². The largest absolute Gasteiger partial charge is 1.00 e. The molecule has 312 valence electrons. The topological polar surface area (TPSA) is 0 Å². The van der Waals surface area contributed by atoms with E-state index in [-0.39, 0.29) is 46.5 Å². The third-order valence-corrected chi connectivity index (χ3v) is 12.8. The number of rotatable bonds is 2. The molecule has 0 saturated carbocycles. The van der Waals surface area contributed by atoms with Crippen molar-refractivity contribution in [3.63, 3.8) is 0 Å². The van der Waals surface area contributed by atoms with E-state index < -0.39 is 0 Å². The summed E-state index contributed by atoms with van der Waals surface area (Å²) in [5.41, 5.74) is 14.3. The third kappa shape index (κ3) is 11.2. The predicted octanol–water partition coefficient (Wildman–Crippen LogP) is 9.98. The van der Waals surface area contributed by atoms with Crippen LogP contribution in [0, 0.1) is 12.1 Å². The predicted molar refractivity (Wildman–Crippen MR) is 251 cm³/mol. The summed E-state index contributed by atoms with van der Waals surface area (Å²) >= 11 is 14.1. The van der Waals surface area contributed by atoms with Crippen molar-refractivity contribution in [2.45, 2.75) is 118 Å². The maximum atomic E-state index is 6.38. The number of hydrogen-bond donors (Lipinski definition) is 0. The van der Waals surface area contributed by atoms with Crippen LogP contribution in [-0.2, 0) is 52.3 Å². The fourth-order valence-corrected chi connectivity index (χ4v) is 9.54. The maximum Gasteiger partial charge on any atom is -0.109 e. The quantitative estimate of drug-likeness (QED) is 0.152. The summed E-state index contributed by atoms with van der Waals surface area (Å²) in [4.78, 5) is 0. The molecule has 8 rings (SSSR count). The van der Waals surface area contributed by atoms with Crippen molar-refractivity contribution in [3.05, 3.63) is 176 Å². The van der Waals surface area contributed by atoms with Crippen molar-refractivity contribution < 1.29 is 49.0 Å². The van der Waals surface area contributed by atoms with Crippen LogP contribution in [0.25, 0.3) is 32.7 Å². The molecule has 0 saturated heterocycles. The van der Waals surface area contributed by atoms with E-state index in [2.05, 4.69) is 168 Å². The Balaban J connectivity index is 0.000000232. The molecule has 0 amide bonds. The zero-order chi connectivity index (χ0) is 42.4. The molecule has 5 heteroatoms. The van der Waals surface area contributed by atoms with E-state index in [1.807, 2.05) is 36.4 Å². The fraction of sp³-hybridized carbons (Fsp3) is 0.327. The maximum absolute atomic E-state index is 6.38. The van der Waals surface area contributed by atoms with Crippen LogP contribution in [0.1, 0.15) is 134 Å². The molecule has 2 aliphatic carbocycles. The second-order valence-corrected chi connectivity index (χ2v) is 22.0. The van der Waals surface area contributed by atoms with Gasteiger partial charge in [0.1, 0.15) is 0 Å². The minimum atomic E-state index is 0. The number of allylic oxidation sites excluding steroid dienone is 4. The molecule has 0 aromatic heterocycles. The van der Waals surface area contributed by atoms with Gasteiger partial charge in [-0.05, 0) is 39.4 Å². The summed E-state index contributed by atoms with van der Waals surface area (Å²) in [6.07, 6.45) is 11.0. The Morgan fingerprint density at radius 1 is 0.567 bits per heavy atom. The molecule has 0 unspecified atom stereocenters. The van der Waals surface area contributed by atoms with Crippen molar-refractivity contribution in [3.8, 4) is 11.1 Å². The normalized spacial score (nSPS) is 13.1. The molecule has 0 aliphatic heterocycles. The Kier molecular flexibility index (Phi) is 16.1. The molecular formula is C55H58Cl4Zr-2. The second kappa shape index (κ2) is 19.3. The summed E-state index contributed by atoms with van der Waals surface area (Å²) in [6.45, 7) is 28.0. The van der Waals surface area contributed by atoms with Crippen LogP contribution in [0.3, 0.4) is 0 Å². The molecule has 0 radical (unpaired) electrons. The summed E-state index contributed by atoms with van der Waals surface area (Å²) in [5.74, 6) is 0. The van der Waals surface area contributed by atoms with Gasteiger partial charge in [0.15, 0.2) is 0 Å². The van der Waals surface area contributed by atoms with Crippen LogP contribution >= 0.6 is 23.2 Å². The van der Waals surface area contributed by atoms with Crippen molar-refractivity contribution in [2.75, 3.05) is 0 Å². The van der Waals surface area contributed by atoms with Gasteiger partial charge in [0.05, 0.1) is 0 Å². The molecular weight excluding hydrogens is 894 g/mol. The van der Waals surface area contributed by atoms with Crippen molar-refractivity contribution in [1.82, 2.24) is 0 Å². The minimum absolute atomic E-state index is 0. The monoisotopic (exact) mass is 948 g/mol. The van der Waals surface area contributed by atoms with Crippen LogP contribution in [0.4, 0.5) is 0 Å². The number of hydrogen-bond acceptors (Lipinski definition) is 0. The Morgan fingerprint density at radius 2 is 1.03 bits per heavy atom. The van der Waals surface area contributed by atoms with Gasteiger partial charge in [-0.3, -0.25) is 6.08 Å². The molecule has 2 aliphatic rings. The third-order valence-electron chi connectivity index (χ3n) is 11.0. The van der Waals surface area contributed by atoms with E-state index >= 15 is 0 Å². The molecule has 0 heterocycles. The van der Waals surface area contributed by atoms with Crippen LogP contribution in [0.5, 0.6) is 0 Å². The first kappa shape index (κ1) is 49.9. The molecule has 0 atom stereocenters. The van der Waals surface area contributed by atoms with Gasteiger partial charge >= 0.3 is 166 Å². The summed E-state index contributed by atoms with van der Waals surface area (Å²) in [7, 11) is 0. The summed E-state index contributed by atoms with van der Waals surface area (Å²) < 4.78 is 1.26. The minimum Gasteiger partial charge on any atom is -1.00 e. The zero-order valence-electron chi connectivity index (χ0n) is 37.3. The first-order chi connectivity index (χ1) is 27.0. The van der Waals surface area contributed by atoms with Crippen LogP contribution in [-0.4, -0.2) is 3.21 Å². The van der Waals surface area contributed by atoms with E-state index in [4.69, 9.17) is 23.2 Å². The molecule has 0 nitrogen and oxygen atoms in total. The Labute approximate surface area is 398 Å². The molecule has 60 heavy (non-hydrogen) atoms. The van der Waals surface area contributed by atoms with Crippen LogP contribution in [0.15, 0.2) is 109 Å². The fourth-order valence-electron chi connectivity index (χ4n) is 8.07. The van der Waals surface area contributed by atoms with E-state index in [1.54, 1.807) is 0 Å². The summed E-state index contributed by atoms with van der Waals surface area (Å²) in [5, 5.41) is 6.28. The van der Waals surface area contributed by atoms with Crippen LogP contribution < -0.4 is 24.8 Å². The smallest absolute Gasteiger partial charge is 0.109 e. The molecule has 0 fully saturated rings. The molecule has 0 N–H and O–H groups in total. The van der Waals surface area contributed by atoms with Gasteiger partial charge in [0.2, 0.25) is 0 Å². The Morgan fingerprint density at radius 3 is 1.45 bits per heavy atom. The van der Waals surface area contributed by atoms with Gasteiger partial charge in [0, 0.05) is 0 Å². The number of benzene rings is 6. The van der Waals surface area contributed by atoms with Gasteiger partial charge in [-0.2, -0.15) is 23.8 Å². The average molecular weight is 952 g/mol. The van der Waals surface area contributed by atoms with Crippen LogP contribution in [0.2, 0.25) is 10.0 Å². The van der Waals surface area contributed by atoms with Gasteiger partial charge in [-0.25, -0.2) is 12.2 Å². The molecule has 6 aromatic carbocycles. The number of halogens is 4. The molecule has 0 spiro atoms. The molecule has 6 aromatic rings. The zero-order valence-corrected chi connectivity index (χ0v) is 42.8. The van der Waals surface area contributed by atoms with E-state index in [0.717, 1.165) is 33.7 Å². The Bertz CT molecular complexity index is 2400. The first-order valence-corrected chi connectivity index (χ1v) is 22.5. The van der Waals surface area contributed by atoms with E-state index in [9.17, 15) is 0 Å². The first-order valence-electron chi connectivity index (χ1n) is 20.5. The second-order valence-electron chi connectivity index (χ2n) is 19.9. The van der Waals surface area contributed by atoms with Gasteiger partial charge < -0.3 is 24.8 Å². The Hall–Kier alpha value is -2.77. The van der Waals surface area contributed by atoms with Crippen molar-refractivity contribution in [1.29, 1.82) is 0 Å². The van der Waals surface area contributed by atoms with Gasteiger partial charge in [0.25, 0.3) is 0 Å². The van der Waals surface area contributed by atoms with E-state index in [1.165, 1.54) is 93.8 Å². The van der Waals surface area contributed by atoms with Gasteiger partial charge in [-0.1, -0.05) is 106 Å². The van der Waals surface area contributed by atoms with Gasteiger partial charge in [-0.15, -0.1) is 23.1 Å².